The quantitative estimate of drug-likeness (QED) is 0.570. The lowest BCUT2D eigenvalue weighted by Crippen LogP contribution is -2.11. The Balaban J connectivity index is 2.05. The highest BCUT2D eigenvalue weighted by molar-refractivity contribution is 6.18. The number of hydrogen-bond acceptors (Lipinski definition) is 2. The molecule has 0 saturated carbocycles. The Kier molecular flexibility index (Phi) is 4.32. The molecule has 0 saturated heterocycles. The van der Waals surface area contributed by atoms with Gasteiger partial charge in [0.25, 0.3) is 0 Å². The molecule has 0 unspecified atom stereocenters. The Morgan fingerprint density at radius 3 is 2.59 bits per heavy atom. The van der Waals surface area contributed by atoms with Gasteiger partial charge in [-0.3, -0.25) is 4.79 Å². The van der Waals surface area contributed by atoms with Gasteiger partial charge in [-0.1, -0.05) is 43.3 Å². The van der Waals surface area contributed by atoms with Gasteiger partial charge in [-0.15, -0.1) is 0 Å². The first-order valence-electron chi connectivity index (χ1n) is 9.09. The second-order valence-corrected chi connectivity index (χ2v) is 6.67. The number of aromatic nitrogens is 1. The summed E-state index contributed by atoms with van der Waals surface area (Å²) in [5.74, 6) is 0.446. The van der Waals surface area contributed by atoms with Crippen LogP contribution in [0.4, 0.5) is 0 Å². The van der Waals surface area contributed by atoms with Crippen molar-refractivity contribution in [1.29, 1.82) is 0 Å². The summed E-state index contributed by atoms with van der Waals surface area (Å²) in [6.45, 7) is 2.79. The Bertz CT molecular complexity index is 1160. The fourth-order valence-corrected chi connectivity index (χ4v) is 3.79. The minimum Gasteiger partial charge on any atom is -0.496 e. The highest BCUT2D eigenvalue weighted by Gasteiger charge is 2.17. The third-order valence-electron chi connectivity index (χ3n) is 5.15. The minimum atomic E-state index is -0.406. The van der Waals surface area contributed by atoms with Gasteiger partial charge in [0.1, 0.15) is 5.75 Å². The van der Waals surface area contributed by atoms with E-state index in [1.807, 2.05) is 30.3 Å². The van der Waals surface area contributed by atoms with E-state index in [0.717, 1.165) is 39.5 Å². The maximum atomic E-state index is 12.0. The standard InChI is InChI=1S/C23H22N2O2/c1-3-15-11-12-17-20(13-15)25(14-16-7-4-5-10-21(16)27-2)19-9-6-8-18(22(17)19)23(24)26/h4-13H,3,14H2,1-2H3,(H2,24,26). The number of aryl methyl sites for hydroxylation is 1. The van der Waals surface area contributed by atoms with E-state index in [-0.39, 0.29) is 0 Å². The van der Waals surface area contributed by atoms with Crippen molar-refractivity contribution in [2.75, 3.05) is 7.11 Å². The SMILES string of the molecule is CCc1ccc2c3c(C(N)=O)cccc3n(Cc3ccccc3OC)c2c1. The van der Waals surface area contributed by atoms with Gasteiger partial charge < -0.3 is 15.0 Å². The van der Waals surface area contributed by atoms with Gasteiger partial charge in [0.15, 0.2) is 0 Å². The summed E-state index contributed by atoms with van der Waals surface area (Å²) in [5, 5.41) is 1.96. The molecule has 1 heterocycles. The number of para-hydroxylation sites is 1. The van der Waals surface area contributed by atoms with E-state index in [4.69, 9.17) is 10.5 Å². The first-order chi connectivity index (χ1) is 13.1. The molecular weight excluding hydrogens is 336 g/mol. The summed E-state index contributed by atoms with van der Waals surface area (Å²) in [7, 11) is 1.69. The molecule has 0 aliphatic rings. The minimum absolute atomic E-state index is 0.406. The molecule has 0 fully saturated rings. The Morgan fingerprint density at radius 2 is 1.85 bits per heavy atom. The van der Waals surface area contributed by atoms with E-state index in [0.29, 0.717) is 12.1 Å². The van der Waals surface area contributed by atoms with Crippen LogP contribution < -0.4 is 10.5 Å². The molecule has 0 aliphatic carbocycles. The first-order valence-corrected chi connectivity index (χ1v) is 9.09. The smallest absolute Gasteiger partial charge is 0.249 e. The average molecular weight is 358 g/mol. The lowest BCUT2D eigenvalue weighted by Gasteiger charge is -2.12. The molecule has 27 heavy (non-hydrogen) atoms. The molecule has 0 aliphatic heterocycles. The van der Waals surface area contributed by atoms with Crippen LogP contribution in [0.15, 0.2) is 60.7 Å². The summed E-state index contributed by atoms with van der Waals surface area (Å²) in [4.78, 5) is 12.0. The number of nitrogens with zero attached hydrogens (tertiary/aromatic N) is 1. The van der Waals surface area contributed by atoms with Crippen molar-refractivity contribution in [2.24, 2.45) is 5.73 Å². The largest absolute Gasteiger partial charge is 0.496 e. The van der Waals surface area contributed by atoms with Crippen molar-refractivity contribution in [3.05, 3.63) is 77.4 Å². The maximum absolute atomic E-state index is 12.0. The van der Waals surface area contributed by atoms with Crippen LogP contribution in [-0.4, -0.2) is 17.6 Å². The number of benzene rings is 3. The molecule has 4 heteroatoms. The molecule has 0 radical (unpaired) electrons. The van der Waals surface area contributed by atoms with Crippen molar-refractivity contribution in [3.63, 3.8) is 0 Å². The van der Waals surface area contributed by atoms with Crippen LogP contribution in [-0.2, 0) is 13.0 Å². The van der Waals surface area contributed by atoms with Crippen LogP contribution in [0, 0.1) is 0 Å². The molecule has 1 amide bonds. The number of methoxy groups -OCH3 is 1. The Morgan fingerprint density at radius 1 is 1.04 bits per heavy atom. The highest BCUT2D eigenvalue weighted by Crippen LogP contribution is 2.34. The van der Waals surface area contributed by atoms with Gasteiger partial charge in [-0.25, -0.2) is 0 Å². The van der Waals surface area contributed by atoms with Crippen LogP contribution in [0.25, 0.3) is 21.8 Å². The summed E-state index contributed by atoms with van der Waals surface area (Å²) < 4.78 is 7.78. The van der Waals surface area contributed by atoms with Crippen LogP contribution in [0.5, 0.6) is 5.75 Å². The molecule has 0 bridgehead atoms. The Hall–Kier alpha value is -3.27. The third kappa shape index (κ3) is 2.83. The molecule has 136 valence electrons. The number of fused-ring (bicyclic) bond motifs is 3. The molecule has 3 aromatic carbocycles. The predicted molar refractivity (Wildman–Crippen MR) is 109 cm³/mol. The number of amides is 1. The molecule has 2 N–H and O–H groups in total. The van der Waals surface area contributed by atoms with Crippen molar-refractivity contribution < 1.29 is 9.53 Å². The lowest BCUT2D eigenvalue weighted by molar-refractivity contribution is 0.100. The van der Waals surface area contributed by atoms with Crippen molar-refractivity contribution in [2.45, 2.75) is 19.9 Å². The summed E-state index contributed by atoms with van der Waals surface area (Å²) >= 11 is 0. The fraction of sp³-hybridized carbons (Fsp3) is 0.174. The van der Waals surface area contributed by atoms with E-state index < -0.39 is 5.91 Å². The van der Waals surface area contributed by atoms with Gasteiger partial charge >= 0.3 is 0 Å². The summed E-state index contributed by atoms with van der Waals surface area (Å²) in [6.07, 6.45) is 0.953. The van der Waals surface area contributed by atoms with Gasteiger partial charge in [0.2, 0.25) is 5.91 Å². The Labute approximate surface area is 158 Å². The van der Waals surface area contributed by atoms with Crippen LogP contribution in [0.1, 0.15) is 28.4 Å². The number of ether oxygens (including phenoxy) is 1. The number of nitrogens with two attached hydrogens (primary N) is 1. The van der Waals surface area contributed by atoms with Gasteiger partial charge in [-0.2, -0.15) is 0 Å². The zero-order chi connectivity index (χ0) is 19.0. The summed E-state index contributed by atoms with van der Waals surface area (Å²) in [6, 6.07) is 20.2. The lowest BCUT2D eigenvalue weighted by atomic mass is 10.0. The number of rotatable bonds is 5. The van der Waals surface area contributed by atoms with Crippen molar-refractivity contribution in [3.8, 4) is 5.75 Å². The van der Waals surface area contributed by atoms with E-state index in [1.165, 1.54) is 5.56 Å². The molecule has 0 spiro atoms. The number of carbonyl (C=O) groups excluding carboxylic acids is 1. The molecule has 4 nitrogen and oxygen atoms in total. The maximum Gasteiger partial charge on any atom is 0.249 e. The molecular formula is C23H22N2O2. The predicted octanol–water partition coefficient (Wildman–Crippen LogP) is 4.51. The van der Waals surface area contributed by atoms with Crippen LogP contribution in [0.2, 0.25) is 0 Å². The second kappa shape index (κ2) is 6.80. The van der Waals surface area contributed by atoms with E-state index in [9.17, 15) is 4.79 Å². The monoisotopic (exact) mass is 358 g/mol. The second-order valence-electron chi connectivity index (χ2n) is 6.67. The molecule has 4 aromatic rings. The first kappa shape index (κ1) is 17.2. The van der Waals surface area contributed by atoms with Crippen LogP contribution in [0.3, 0.4) is 0 Å². The van der Waals surface area contributed by atoms with Crippen molar-refractivity contribution >= 4 is 27.7 Å². The van der Waals surface area contributed by atoms with Gasteiger partial charge in [0.05, 0.1) is 19.2 Å². The van der Waals surface area contributed by atoms with Crippen molar-refractivity contribution in [1.82, 2.24) is 4.57 Å². The number of carbonyl (C=O) groups is 1. The van der Waals surface area contributed by atoms with E-state index in [1.54, 1.807) is 13.2 Å². The zero-order valence-electron chi connectivity index (χ0n) is 15.5. The van der Waals surface area contributed by atoms with E-state index in [2.05, 4.69) is 35.8 Å². The average Bonchev–Trinajstić information content (AvgIpc) is 3.01. The summed E-state index contributed by atoms with van der Waals surface area (Å²) in [5.41, 5.74) is 10.7. The molecule has 4 rings (SSSR count). The van der Waals surface area contributed by atoms with Gasteiger partial charge in [-0.05, 0) is 36.2 Å². The molecule has 1 aromatic heterocycles. The fourth-order valence-electron chi connectivity index (χ4n) is 3.79. The molecule has 0 atom stereocenters. The third-order valence-corrected chi connectivity index (χ3v) is 5.15. The number of primary amides is 1. The van der Waals surface area contributed by atoms with Crippen LogP contribution >= 0.6 is 0 Å². The zero-order valence-corrected chi connectivity index (χ0v) is 15.5. The normalized spacial score (nSPS) is 11.2. The number of hydrogen-bond donors (Lipinski definition) is 1. The topological polar surface area (TPSA) is 57.2 Å². The highest BCUT2D eigenvalue weighted by atomic mass is 16.5. The van der Waals surface area contributed by atoms with E-state index >= 15 is 0 Å². The van der Waals surface area contributed by atoms with Gasteiger partial charge in [0, 0.05) is 27.4 Å².